The number of hydrogen-bond donors (Lipinski definition) is 2. The molecule has 4 rings (SSSR count). The molecule has 8 nitrogen and oxygen atoms in total. The summed E-state index contributed by atoms with van der Waals surface area (Å²) in [5.41, 5.74) is 0.976. The standard InChI is InChI=1S/C19H25N5O3/c1-20-19(27)22-13-10-23(11-13)18(26)15-4-5-16(25)24(14-2-3-14)17(15)12-6-8-21-9-7-12/h6-9,13-15,17H,2-5,10-11H2,1H3,(H2,20,22,27)/t15-,17+/m0/s1. The number of nitrogens with one attached hydrogen (secondary N) is 2. The van der Waals surface area contributed by atoms with Gasteiger partial charge >= 0.3 is 6.03 Å². The molecule has 0 radical (unpaired) electrons. The van der Waals surface area contributed by atoms with Crippen LogP contribution in [0.4, 0.5) is 4.79 Å². The van der Waals surface area contributed by atoms with Gasteiger partial charge in [0.05, 0.1) is 18.0 Å². The molecule has 144 valence electrons. The van der Waals surface area contributed by atoms with Crippen molar-refractivity contribution in [2.24, 2.45) is 5.92 Å². The molecular formula is C19H25N5O3. The molecule has 0 bridgehead atoms. The van der Waals surface area contributed by atoms with E-state index in [1.54, 1.807) is 24.3 Å². The van der Waals surface area contributed by atoms with Gasteiger partial charge in [-0.1, -0.05) is 0 Å². The van der Waals surface area contributed by atoms with Crippen molar-refractivity contribution < 1.29 is 14.4 Å². The zero-order valence-electron chi connectivity index (χ0n) is 15.4. The lowest BCUT2D eigenvalue weighted by Crippen LogP contribution is -2.64. The maximum absolute atomic E-state index is 13.2. The molecule has 2 atom stereocenters. The van der Waals surface area contributed by atoms with Gasteiger partial charge in [0.1, 0.15) is 0 Å². The van der Waals surface area contributed by atoms with Crippen molar-refractivity contribution in [3.05, 3.63) is 30.1 Å². The Balaban J connectivity index is 1.51. The van der Waals surface area contributed by atoms with Crippen LogP contribution in [0.15, 0.2) is 24.5 Å². The SMILES string of the molecule is CNC(=O)NC1CN(C(=O)[C@H]2CCC(=O)N(C3CC3)[C@@H]2c2ccncc2)C1. The molecule has 1 aliphatic carbocycles. The third-order valence-corrected chi connectivity index (χ3v) is 5.70. The second-order valence-corrected chi connectivity index (χ2v) is 7.57. The van der Waals surface area contributed by atoms with Gasteiger partial charge < -0.3 is 20.4 Å². The van der Waals surface area contributed by atoms with Gasteiger partial charge in [0.15, 0.2) is 0 Å². The van der Waals surface area contributed by atoms with E-state index in [4.69, 9.17) is 0 Å². The number of piperidine rings is 1. The highest BCUT2D eigenvalue weighted by Gasteiger charge is 2.48. The van der Waals surface area contributed by atoms with E-state index in [0.29, 0.717) is 25.9 Å². The highest BCUT2D eigenvalue weighted by Crippen LogP contribution is 2.44. The van der Waals surface area contributed by atoms with Gasteiger partial charge in [0.2, 0.25) is 11.8 Å². The van der Waals surface area contributed by atoms with Crippen LogP contribution in [0, 0.1) is 5.92 Å². The quantitative estimate of drug-likeness (QED) is 0.813. The normalized spacial score (nSPS) is 25.7. The van der Waals surface area contributed by atoms with Gasteiger partial charge in [-0.15, -0.1) is 0 Å². The first-order chi connectivity index (χ1) is 13.1. The lowest BCUT2D eigenvalue weighted by atomic mass is 9.82. The summed E-state index contributed by atoms with van der Waals surface area (Å²) in [6.45, 7) is 1.03. The van der Waals surface area contributed by atoms with Gasteiger partial charge in [-0.25, -0.2) is 4.79 Å². The summed E-state index contributed by atoms with van der Waals surface area (Å²) in [4.78, 5) is 45.1. The number of pyridine rings is 1. The summed E-state index contributed by atoms with van der Waals surface area (Å²) in [6, 6.07) is 3.60. The monoisotopic (exact) mass is 371 g/mol. The van der Waals surface area contributed by atoms with Crippen molar-refractivity contribution in [1.29, 1.82) is 0 Å². The summed E-state index contributed by atoms with van der Waals surface area (Å²) in [5, 5.41) is 5.35. The molecule has 4 amide bonds. The third kappa shape index (κ3) is 3.48. The largest absolute Gasteiger partial charge is 0.341 e. The van der Waals surface area contributed by atoms with Gasteiger partial charge in [-0.3, -0.25) is 14.6 Å². The van der Waals surface area contributed by atoms with Gasteiger partial charge in [0.25, 0.3) is 0 Å². The predicted molar refractivity (Wildman–Crippen MR) is 97.5 cm³/mol. The summed E-state index contributed by atoms with van der Waals surface area (Å²) >= 11 is 0. The van der Waals surface area contributed by atoms with E-state index in [1.165, 1.54) is 0 Å². The lowest BCUT2D eigenvalue weighted by molar-refractivity contribution is -0.151. The summed E-state index contributed by atoms with van der Waals surface area (Å²) in [6.07, 6.45) is 6.44. The van der Waals surface area contributed by atoms with Crippen LogP contribution in [-0.4, -0.2) is 64.9 Å². The summed E-state index contributed by atoms with van der Waals surface area (Å²) < 4.78 is 0. The van der Waals surface area contributed by atoms with Crippen molar-refractivity contribution in [1.82, 2.24) is 25.4 Å². The van der Waals surface area contributed by atoms with E-state index in [0.717, 1.165) is 18.4 Å². The van der Waals surface area contributed by atoms with Crippen LogP contribution < -0.4 is 10.6 Å². The van der Waals surface area contributed by atoms with E-state index in [1.807, 2.05) is 17.0 Å². The molecule has 2 saturated heterocycles. The number of amides is 4. The molecule has 0 spiro atoms. The molecule has 0 aromatic carbocycles. The first-order valence-electron chi connectivity index (χ1n) is 9.56. The Labute approximate surface area is 158 Å². The van der Waals surface area contributed by atoms with E-state index in [2.05, 4.69) is 15.6 Å². The maximum Gasteiger partial charge on any atom is 0.314 e. The Morgan fingerprint density at radius 3 is 2.48 bits per heavy atom. The minimum atomic E-state index is -0.244. The number of urea groups is 1. The van der Waals surface area contributed by atoms with E-state index < -0.39 is 0 Å². The maximum atomic E-state index is 13.2. The fourth-order valence-corrected chi connectivity index (χ4v) is 4.15. The topological polar surface area (TPSA) is 94.6 Å². The first-order valence-corrected chi connectivity index (χ1v) is 9.56. The van der Waals surface area contributed by atoms with Crippen LogP contribution >= 0.6 is 0 Å². The molecule has 3 heterocycles. The van der Waals surface area contributed by atoms with E-state index >= 15 is 0 Å². The molecule has 2 N–H and O–H groups in total. The third-order valence-electron chi connectivity index (χ3n) is 5.70. The summed E-state index contributed by atoms with van der Waals surface area (Å²) in [5.74, 6) is -0.0253. The number of carbonyl (C=O) groups is 3. The van der Waals surface area contributed by atoms with Gasteiger partial charge in [0, 0.05) is 45.0 Å². The van der Waals surface area contributed by atoms with Crippen molar-refractivity contribution in [3.63, 3.8) is 0 Å². The van der Waals surface area contributed by atoms with Crippen molar-refractivity contribution in [3.8, 4) is 0 Å². The zero-order valence-corrected chi connectivity index (χ0v) is 15.4. The van der Waals surface area contributed by atoms with Gasteiger partial charge in [-0.05, 0) is 37.0 Å². The molecule has 2 aliphatic heterocycles. The van der Waals surface area contributed by atoms with E-state index in [-0.39, 0.29) is 41.9 Å². The molecule has 3 aliphatic rings. The Bertz CT molecular complexity index is 730. The highest BCUT2D eigenvalue weighted by molar-refractivity contribution is 5.86. The Kier molecular flexibility index (Phi) is 4.72. The fraction of sp³-hybridized carbons (Fsp3) is 0.579. The Hall–Kier alpha value is -2.64. The zero-order chi connectivity index (χ0) is 19.0. The Morgan fingerprint density at radius 2 is 1.85 bits per heavy atom. The molecule has 27 heavy (non-hydrogen) atoms. The highest BCUT2D eigenvalue weighted by atomic mass is 16.2. The predicted octanol–water partition coefficient (Wildman–Crippen LogP) is 0.663. The fourth-order valence-electron chi connectivity index (χ4n) is 4.15. The number of rotatable bonds is 4. The van der Waals surface area contributed by atoms with Crippen LogP contribution in [-0.2, 0) is 9.59 Å². The molecule has 1 aromatic heterocycles. The van der Waals surface area contributed by atoms with Crippen LogP contribution in [0.5, 0.6) is 0 Å². The number of likely N-dealkylation sites (tertiary alicyclic amines) is 2. The molecule has 1 aromatic rings. The van der Waals surface area contributed by atoms with Crippen molar-refractivity contribution in [2.45, 2.75) is 43.8 Å². The molecule has 3 fully saturated rings. The molecule has 1 saturated carbocycles. The van der Waals surface area contributed by atoms with Crippen LogP contribution in [0.2, 0.25) is 0 Å². The number of nitrogens with zero attached hydrogens (tertiary/aromatic N) is 3. The minimum absolute atomic E-state index is 0.0157. The molecular weight excluding hydrogens is 346 g/mol. The molecule has 8 heteroatoms. The van der Waals surface area contributed by atoms with Gasteiger partial charge in [-0.2, -0.15) is 0 Å². The average Bonchev–Trinajstić information content (AvgIpc) is 3.49. The van der Waals surface area contributed by atoms with Crippen molar-refractivity contribution >= 4 is 17.8 Å². The van der Waals surface area contributed by atoms with Crippen LogP contribution in [0.1, 0.15) is 37.3 Å². The van der Waals surface area contributed by atoms with Crippen LogP contribution in [0.25, 0.3) is 0 Å². The number of aromatic nitrogens is 1. The second kappa shape index (κ2) is 7.17. The van der Waals surface area contributed by atoms with Crippen LogP contribution in [0.3, 0.4) is 0 Å². The lowest BCUT2D eigenvalue weighted by Gasteiger charge is -2.46. The van der Waals surface area contributed by atoms with E-state index in [9.17, 15) is 14.4 Å². The second-order valence-electron chi connectivity index (χ2n) is 7.57. The number of hydrogen-bond acceptors (Lipinski definition) is 4. The summed E-state index contributed by atoms with van der Waals surface area (Å²) in [7, 11) is 1.57. The Morgan fingerprint density at radius 1 is 1.15 bits per heavy atom. The molecule has 0 unspecified atom stereocenters. The number of carbonyl (C=O) groups excluding carboxylic acids is 3. The first kappa shape index (κ1) is 17.8. The minimum Gasteiger partial charge on any atom is -0.341 e. The van der Waals surface area contributed by atoms with Crippen molar-refractivity contribution in [2.75, 3.05) is 20.1 Å². The average molecular weight is 371 g/mol. The smallest absolute Gasteiger partial charge is 0.314 e.